The average Bonchev–Trinajstić information content (AvgIpc) is 2.71. The van der Waals surface area contributed by atoms with E-state index in [0.717, 1.165) is 23.3 Å². The fourth-order valence-electron chi connectivity index (χ4n) is 2.78. The summed E-state index contributed by atoms with van der Waals surface area (Å²) in [6, 6.07) is 16.6. The number of nitrogens with zero attached hydrogens (tertiary/aromatic N) is 1. The van der Waals surface area contributed by atoms with Gasteiger partial charge in [0.15, 0.2) is 0 Å². The fourth-order valence-corrected chi connectivity index (χ4v) is 2.78. The zero-order chi connectivity index (χ0) is 19.6. The number of carbonyl (C=O) groups excluding carboxylic acids is 2. The van der Waals surface area contributed by atoms with Crippen molar-refractivity contribution in [3.05, 3.63) is 65.7 Å². The van der Waals surface area contributed by atoms with Gasteiger partial charge in [0.25, 0.3) is 0 Å². The van der Waals surface area contributed by atoms with E-state index in [-0.39, 0.29) is 18.2 Å². The molecule has 0 aliphatic heterocycles. The minimum Gasteiger partial charge on any atom is -0.497 e. The van der Waals surface area contributed by atoms with E-state index in [1.54, 1.807) is 18.9 Å². The zero-order valence-electron chi connectivity index (χ0n) is 16.3. The summed E-state index contributed by atoms with van der Waals surface area (Å²) in [5.74, 6) is 0.540. The van der Waals surface area contributed by atoms with Crippen LogP contribution in [0.5, 0.6) is 5.75 Å². The highest BCUT2D eigenvalue weighted by Crippen LogP contribution is 2.15. The first kappa shape index (κ1) is 20.5. The maximum absolute atomic E-state index is 13.0. The average molecular weight is 368 g/mol. The summed E-state index contributed by atoms with van der Waals surface area (Å²) in [4.78, 5) is 27.1. The number of amides is 2. The van der Waals surface area contributed by atoms with E-state index in [0.29, 0.717) is 13.1 Å². The Labute approximate surface area is 161 Å². The fraction of sp³-hybridized carbons (Fsp3) is 0.364. The summed E-state index contributed by atoms with van der Waals surface area (Å²) in [5, 5.41) is 2.88. The van der Waals surface area contributed by atoms with Crippen LogP contribution in [0.2, 0.25) is 0 Å². The maximum atomic E-state index is 13.0. The Morgan fingerprint density at radius 2 is 1.70 bits per heavy atom. The quantitative estimate of drug-likeness (QED) is 0.740. The van der Waals surface area contributed by atoms with Gasteiger partial charge in [-0.2, -0.15) is 0 Å². The molecule has 0 saturated heterocycles. The lowest BCUT2D eigenvalue weighted by Gasteiger charge is -2.29. The molecular weight excluding hydrogens is 340 g/mol. The van der Waals surface area contributed by atoms with E-state index in [4.69, 9.17) is 4.74 Å². The molecule has 2 aromatic carbocycles. The van der Waals surface area contributed by atoms with Crippen LogP contribution in [-0.2, 0) is 22.6 Å². The van der Waals surface area contributed by atoms with E-state index >= 15 is 0 Å². The third kappa shape index (κ3) is 6.13. The number of hydrogen-bond donors (Lipinski definition) is 1. The van der Waals surface area contributed by atoms with Crippen molar-refractivity contribution in [1.29, 1.82) is 0 Å². The summed E-state index contributed by atoms with van der Waals surface area (Å²) >= 11 is 0. The Balaban J connectivity index is 2.15. The van der Waals surface area contributed by atoms with Gasteiger partial charge in [-0.05, 0) is 36.6 Å². The van der Waals surface area contributed by atoms with Crippen molar-refractivity contribution in [3.8, 4) is 5.75 Å². The Morgan fingerprint density at radius 1 is 1.04 bits per heavy atom. The van der Waals surface area contributed by atoms with E-state index in [2.05, 4.69) is 5.32 Å². The first-order chi connectivity index (χ1) is 13.0. The second kappa shape index (κ2) is 10.4. The van der Waals surface area contributed by atoms with Crippen molar-refractivity contribution in [2.45, 2.75) is 39.3 Å². The van der Waals surface area contributed by atoms with E-state index < -0.39 is 6.04 Å². The number of hydrogen-bond acceptors (Lipinski definition) is 3. The Bertz CT molecular complexity index is 729. The van der Waals surface area contributed by atoms with Crippen LogP contribution in [0.25, 0.3) is 0 Å². The van der Waals surface area contributed by atoms with E-state index in [1.807, 2.05) is 61.5 Å². The Morgan fingerprint density at radius 3 is 2.30 bits per heavy atom. The van der Waals surface area contributed by atoms with E-state index in [9.17, 15) is 9.59 Å². The molecule has 0 saturated carbocycles. The molecule has 0 fully saturated rings. The topological polar surface area (TPSA) is 58.6 Å². The van der Waals surface area contributed by atoms with Crippen molar-refractivity contribution in [1.82, 2.24) is 10.2 Å². The van der Waals surface area contributed by atoms with Crippen molar-refractivity contribution in [2.75, 3.05) is 13.7 Å². The lowest BCUT2D eigenvalue weighted by atomic mass is 10.1. The van der Waals surface area contributed by atoms with Crippen LogP contribution in [0.3, 0.4) is 0 Å². The first-order valence-electron chi connectivity index (χ1n) is 9.29. The highest BCUT2D eigenvalue weighted by Gasteiger charge is 2.25. The Hall–Kier alpha value is -2.82. The van der Waals surface area contributed by atoms with Crippen LogP contribution in [0.1, 0.15) is 31.4 Å². The molecule has 0 spiro atoms. The third-order valence-electron chi connectivity index (χ3n) is 4.43. The number of methoxy groups -OCH3 is 1. The lowest BCUT2D eigenvalue weighted by Crippen LogP contribution is -2.48. The van der Waals surface area contributed by atoms with Gasteiger partial charge in [0.1, 0.15) is 11.8 Å². The summed E-state index contributed by atoms with van der Waals surface area (Å²) < 4.78 is 5.16. The Kier molecular flexibility index (Phi) is 7.86. The molecule has 1 unspecified atom stereocenters. The van der Waals surface area contributed by atoms with Gasteiger partial charge < -0.3 is 15.0 Å². The van der Waals surface area contributed by atoms with Crippen LogP contribution < -0.4 is 10.1 Å². The molecule has 2 aromatic rings. The van der Waals surface area contributed by atoms with Crippen molar-refractivity contribution in [3.63, 3.8) is 0 Å². The van der Waals surface area contributed by atoms with Crippen molar-refractivity contribution >= 4 is 11.8 Å². The predicted octanol–water partition coefficient (Wildman–Crippen LogP) is 3.18. The molecule has 0 aromatic heterocycles. The first-order valence-corrected chi connectivity index (χ1v) is 9.29. The van der Waals surface area contributed by atoms with Gasteiger partial charge >= 0.3 is 0 Å². The molecule has 2 rings (SSSR count). The molecular formula is C22H28N2O3. The zero-order valence-corrected chi connectivity index (χ0v) is 16.3. The van der Waals surface area contributed by atoms with Crippen LogP contribution >= 0.6 is 0 Å². The van der Waals surface area contributed by atoms with Gasteiger partial charge in [-0.25, -0.2) is 0 Å². The molecule has 1 atom stereocenters. The predicted molar refractivity (Wildman–Crippen MR) is 106 cm³/mol. The van der Waals surface area contributed by atoms with Crippen LogP contribution in [-0.4, -0.2) is 36.4 Å². The molecule has 0 aliphatic carbocycles. The number of ether oxygens (including phenoxy) is 1. The smallest absolute Gasteiger partial charge is 0.242 e. The van der Waals surface area contributed by atoms with Crippen LogP contribution in [0.4, 0.5) is 0 Å². The van der Waals surface area contributed by atoms with Gasteiger partial charge in [-0.1, -0.05) is 49.4 Å². The lowest BCUT2D eigenvalue weighted by molar-refractivity contribution is -0.140. The summed E-state index contributed by atoms with van der Waals surface area (Å²) in [6.07, 6.45) is 1.10. The van der Waals surface area contributed by atoms with Crippen molar-refractivity contribution < 1.29 is 14.3 Å². The molecule has 1 N–H and O–H groups in total. The molecule has 0 radical (unpaired) electrons. The van der Waals surface area contributed by atoms with Crippen molar-refractivity contribution in [2.24, 2.45) is 0 Å². The monoisotopic (exact) mass is 368 g/mol. The summed E-state index contributed by atoms with van der Waals surface area (Å²) in [7, 11) is 1.61. The number of nitrogens with one attached hydrogen (secondary N) is 1. The van der Waals surface area contributed by atoms with Gasteiger partial charge in [-0.15, -0.1) is 0 Å². The second-order valence-corrected chi connectivity index (χ2v) is 6.50. The van der Waals surface area contributed by atoms with Crippen LogP contribution in [0.15, 0.2) is 54.6 Å². The molecule has 27 heavy (non-hydrogen) atoms. The number of benzene rings is 2. The van der Waals surface area contributed by atoms with Gasteiger partial charge in [0.2, 0.25) is 11.8 Å². The van der Waals surface area contributed by atoms with Crippen LogP contribution in [0, 0.1) is 0 Å². The summed E-state index contributed by atoms with van der Waals surface area (Å²) in [5.41, 5.74) is 1.88. The number of rotatable bonds is 9. The molecule has 144 valence electrons. The molecule has 2 amide bonds. The normalized spacial score (nSPS) is 11.5. The largest absolute Gasteiger partial charge is 0.497 e. The van der Waals surface area contributed by atoms with Gasteiger partial charge in [0, 0.05) is 13.1 Å². The van der Waals surface area contributed by atoms with E-state index in [1.165, 1.54) is 0 Å². The minimum atomic E-state index is -0.539. The molecule has 0 heterocycles. The number of carbonyl (C=O) groups is 2. The van der Waals surface area contributed by atoms with Gasteiger partial charge in [0.05, 0.1) is 13.5 Å². The maximum Gasteiger partial charge on any atom is 0.242 e. The molecule has 0 aliphatic rings. The highest BCUT2D eigenvalue weighted by atomic mass is 16.5. The standard InChI is InChI=1S/C22H28N2O3/c1-4-14-23-22(26)17(2)24(16-19-8-6-5-7-9-19)21(25)15-18-10-12-20(27-3)13-11-18/h5-13,17H,4,14-16H2,1-3H3,(H,23,26). The minimum absolute atomic E-state index is 0.0804. The molecule has 5 nitrogen and oxygen atoms in total. The molecule has 5 heteroatoms. The SMILES string of the molecule is CCCNC(=O)C(C)N(Cc1ccccc1)C(=O)Cc1ccc(OC)cc1. The highest BCUT2D eigenvalue weighted by molar-refractivity contribution is 5.88. The summed E-state index contributed by atoms with van der Waals surface area (Å²) in [6.45, 7) is 4.78. The second-order valence-electron chi connectivity index (χ2n) is 6.50. The third-order valence-corrected chi connectivity index (χ3v) is 4.43. The molecule has 0 bridgehead atoms. The van der Waals surface area contributed by atoms with Gasteiger partial charge in [-0.3, -0.25) is 9.59 Å².